The maximum Gasteiger partial charge on any atom is 0.338 e. The highest BCUT2D eigenvalue weighted by Gasteiger charge is 2.36. The van der Waals surface area contributed by atoms with E-state index < -0.39 is 5.41 Å². The summed E-state index contributed by atoms with van der Waals surface area (Å²) >= 11 is 0. The van der Waals surface area contributed by atoms with Crippen molar-refractivity contribution < 1.29 is 19.1 Å². The fourth-order valence-corrected chi connectivity index (χ4v) is 4.20. The van der Waals surface area contributed by atoms with Gasteiger partial charge in [0.1, 0.15) is 5.75 Å². The predicted octanol–water partition coefficient (Wildman–Crippen LogP) is 4.67. The van der Waals surface area contributed by atoms with Crippen LogP contribution in [0.25, 0.3) is 0 Å². The first-order valence-electron chi connectivity index (χ1n) is 11.2. The van der Waals surface area contributed by atoms with Gasteiger partial charge in [-0.25, -0.2) is 4.79 Å². The zero-order valence-corrected chi connectivity index (χ0v) is 20.3. The van der Waals surface area contributed by atoms with Crippen LogP contribution in [0.2, 0.25) is 0 Å². The van der Waals surface area contributed by atoms with Gasteiger partial charge in [-0.05, 0) is 68.1 Å². The molecule has 2 rings (SSSR count). The number of likely N-dealkylation sites (N-methyl/N-ethyl adjacent to an activating group) is 1. The third-order valence-electron chi connectivity index (χ3n) is 6.36. The van der Waals surface area contributed by atoms with Crippen molar-refractivity contribution in [1.82, 2.24) is 4.90 Å². The molecule has 2 aromatic carbocycles. The lowest BCUT2D eigenvalue weighted by Gasteiger charge is -2.32. The molecule has 0 N–H and O–H groups in total. The average molecular weight is 451 g/mol. The molecule has 0 amide bonds. The molecule has 0 fully saturated rings. The highest BCUT2D eigenvalue weighted by Crippen LogP contribution is 2.38. The summed E-state index contributed by atoms with van der Waals surface area (Å²) in [5.74, 6) is 0.260. The largest absolute Gasteiger partial charge is 0.496 e. The number of hydrogen-bond donors (Lipinski definition) is 0. The molecule has 0 spiro atoms. The third kappa shape index (κ3) is 6.21. The Morgan fingerprint density at radius 1 is 1.18 bits per heavy atom. The van der Waals surface area contributed by atoms with Crippen LogP contribution < -0.4 is 4.74 Å². The van der Waals surface area contributed by atoms with Crippen LogP contribution in [-0.2, 0) is 16.6 Å². The van der Waals surface area contributed by atoms with Crippen molar-refractivity contribution in [2.45, 2.75) is 38.5 Å². The van der Waals surface area contributed by atoms with E-state index in [0.717, 1.165) is 43.3 Å². The molecule has 1 unspecified atom stereocenters. The quantitative estimate of drug-likeness (QED) is 0.345. The number of benzene rings is 2. The molecule has 1 atom stereocenters. The van der Waals surface area contributed by atoms with E-state index in [4.69, 9.17) is 9.47 Å². The van der Waals surface area contributed by atoms with Gasteiger partial charge in [0.05, 0.1) is 36.8 Å². The monoisotopic (exact) mass is 450 g/mol. The van der Waals surface area contributed by atoms with Crippen molar-refractivity contribution in [3.8, 4) is 11.8 Å². The molecule has 0 bridgehead atoms. The predicted molar refractivity (Wildman–Crippen MR) is 129 cm³/mol. The molecule has 6 heteroatoms. The van der Waals surface area contributed by atoms with Crippen LogP contribution in [0.3, 0.4) is 0 Å². The number of ether oxygens (including phenoxy) is 2. The lowest BCUT2D eigenvalue weighted by Crippen LogP contribution is -2.32. The number of rotatable bonds is 12. The molecular formula is C27H34N2O4. The average Bonchev–Trinajstić information content (AvgIpc) is 2.84. The smallest absolute Gasteiger partial charge is 0.338 e. The fraction of sp³-hybridized carbons (Fsp3) is 0.444. The van der Waals surface area contributed by atoms with Gasteiger partial charge in [-0.3, -0.25) is 4.79 Å². The molecule has 0 saturated heterocycles. The molecule has 0 aliphatic heterocycles. The Hall–Kier alpha value is -3.17. The molecule has 33 heavy (non-hydrogen) atoms. The van der Waals surface area contributed by atoms with Crippen LogP contribution in [-0.4, -0.2) is 51.5 Å². The van der Waals surface area contributed by atoms with E-state index in [2.05, 4.69) is 24.8 Å². The SMILES string of the molecule is COC(=O)c1ccccc1CCN(C)CCCC(C#N)(c1ccc(C=O)c(OC)c1)C(C)C. The summed E-state index contributed by atoms with van der Waals surface area (Å²) in [6.45, 7) is 5.71. The number of carbonyl (C=O) groups excluding carboxylic acids is 2. The highest BCUT2D eigenvalue weighted by molar-refractivity contribution is 5.91. The molecule has 0 aromatic heterocycles. The van der Waals surface area contributed by atoms with Gasteiger partial charge in [-0.2, -0.15) is 5.26 Å². The van der Waals surface area contributed by atoms with Crippen molar-refractivity contribution >= 4 is 12.3 Å². The molecule has 0 aliphatic rings. The fourth-order valence-electron chi connectivity index (χ4n) is 4.20. The molecule has 6 nitrogen and oxygen atoms in total. The van der Waals surface area contributed by atoms with E-state index in [1.807, 2.05) is 37.4 Å². The highest BCUT2D eigenvalue weighted by atomic mass is 16.5. The van der Waals surface area contributed by atoms with E-state index in [1.165, 1.54) is 14.2 Å². The first-order chi connectivity index (χ1) is 15.8. The lowest BCUT2D eigenvalue weighted by atomic mass is 9.69. The van der Waals surface area contributed by atoms with Crippen LogP contribution >= 0.6 is 0 Å². The lowest BCUT2D eigenvalue weighted by molar-refractivity contribution is 0.0599. The van der Waals surface area contributed by atoms with Gasteiger partial charge >= 0.3 is 5.97 Å². The Labute approximate surface area is 197 Å². The van der Waals surface area contributed by atoms with Gasteiger partial charge in [0.15, 0.2) is 6.29 Å². The van der Waals surface area contributed by atoms with Gasteiger partial charge in [0.25, 0.3) is 0 Å². The summed E-state index contributed by atoms with van der Waals surface area (Å²) in [5.41, 5.74) is 2.24. The van der Waals surface area contributed by atoms with Gasteiger partial charge < -0.3 is 14.4 Å². The summed E-state index contributed by atoms with van der Waals surface area (Å²) in [7, 11) is 4.97. The van der Waals surface area contributed by atoms with Crippen LogP contribution in [0.4, 0.5) is 0 Å². The molecule has 0 radical (unpaired) electrons. The maximum absolute atomic E-state index is 12.0. The number of nitrogens with zero attached hydrogens (tertiary/aromatic N) is 2. The van der Waals surface area contributed by atoms with Gasteiger partial charge in [-0.15, -0.1) is 0 Å². The van der Waals surface area contributed by atoms with E-state index in [0.29, 0.717) is 23.3 Å². The summed E-state index contributed by atoms with van der Waals surface area (Å²) in [6.07, 6.45) is 3.02. The van der Waals surface area contributed by atoms with Crippen molar-refractivity contribution in [2.24, 2.45) is 5.92 Å². The second-order valence-corrected chi connectivity index (χ2v) is 8.62. The van der Waals surface area contributed by atoms with E-state index >= 15 is 0 Å². The van der Waals surface area contributed by atoms with Crippen molar-refractivity contribution in [2.75, 3.05) is 34.4 Å². The summed E-state index contributed by atoms with van der Waals surface area (Å²) in [6, 6.07) is 15.5. The summed E-state index contributed by atoms with van der Waals surface area (Å²) in [4.78, 5) is 25.5. The minimum Gasteiger partial charge on any atom is -0.496 e. The standard InChI is InChI=1S/C27H34N2O4/c1-20(2)27(19-28,23-12-11-22(18-30)25(17-23)32-4)14-8-15-29(3)16-13-21-9-6-7-10-24(21)26(31)33-5/h6-7,9-12,17-18,20H,8,13-16H2,1-5H3. The van der Waals surface area contributed by atoms with Crippen molar-refractivity contribution in [1.29, 1.82) is 5.26 Å². The maximum atomic E-state index is 12.0. The summed E-state index contributed by atoms with van der Waals surface area (Å²) < 4.78 is 10.2. The van der Waals surface area contributed by atoms with E-state index in [9.17, 15) is 14.9 Å². The molecule has 176 valence electrons. The molecular weight excluding hydrogens is 416 g/mol. The molecule has 0 heterocycles. The Kier molecular flexibility index (Phi) is 9.62. The molecule has 0 aliphatic carbocycles. The van der Waals surface area contributed by atoms with E-state index in [-0.39, 0.29) is 11.9 Å². The van der Waals surface area contributed by atoms with Crippen molar-refractivity contribution in [3.05, 3.63) is 64.7 Å². The first-order valence-corrected chi connectivity index (χ1v) is 11.2. The molecule has 2 aromatic rings. The number of esters is 1. The number of methoxy groups -OCH3 is 2. The van der Waals surface area contributed by atoms with Crippen LogP contribution in [0.5, 0.6) is 5.75 Å². The number of hydrogen-bond acceptors (Lipinski definition) is 6. The number of aldehydes is 1. The normalized spacial score (nSPS) is 12.8. The van der Waals surface area contributed by atoms with Gasteiger partial charge in [-0.1, -0.05) is 38.1 Å². The second-order valence-electron chi connectivity index (χ2n) is 8.62. The van der Waals surface area contributed by atoms with Crippen molar-refractivity contribution in [3.63, 3.8) is 0 Å². The van der Waals surface area contributed by atoms with Crippen LogP contribution in [0, 0.1) is 17.2 Å². The minimum atomic E-state index is -0.674. The first kappa shape index (κ1) is 26.1. The topological polar surface area (TPSA) is 79.6 Å². The van der Waals surface area contributed by atoms with Gasteiger partial charge in [0.2, 0.25) is 0 Å². The van der Waals surface area contributed by atoms with E-state index in [1.54, 1.807) is 12.1 Å². The second kappa shape index (κ2) is 12.2. The molecule has 0 saturated carbocycles. The van der Waals surface area contributed by atoms with Crippen LogP contribution in [0.1, 0.15) is 58.5 Å². The van der Waals surface area contributed by atoms with Crippen LogP contribution in [0.15, 0.2) is 42.5 Å². The Morgan fingerprint density at radius 2 is 1.91 bits per heavy atom. The summed E-state index contributed by atoms with van der Waals surface area (Å²) in [5, 5.41) is 10.2. The zero-order valence-electron chi connectivity index (χ0n) is 20.3. The number of carbonyl (C=O) groups is 2. The number of nitriles is 1. The Morgan fingerprint density at radius 3 is 2.52 bits per heavy atom. The zero-order chi connectivity index (χ0) is 24.4. The Balaban J connectivity index is 2.06. The Bertz CT molecular complexity index is 996. The van der Waals surface area contributed by atoms with Gasteiger partial charge in [0, 0.05) is 6.54 Å². The third-order valence-corrected chi connectivity index (χ3v) is 6.36. The minimum absolute atomic E-state index is 0.0894.